The topological polar surface area (TPSA) is 107 Å². The first-order valence-corrected chi connectivity index (χ1v) is 12.4. The SMILES string of the molecule is COc1cc(C(=O)O)ccc1Oc1nc(C2CCOCC2)c(-c2ccc(F)c(F)c2)c2cc3cn[nH]c3cc12. The molecule has 5 aromatic rings. The number of aromatic nitrogens is 3. The fourth-order valence-corrected chi connectivity index (χ4v) is 5.03. The average Bonchev–Trinajstić information content (AvgIpc) is 3.41. The van der Waals surface area contributed by atoms with E-state index in [0.717, 1.165) is 22.4 Å². The van der Waals surface area contributed by atoms with Crippen molar-refractivity contribution in [1.29, 1.82) is 0 Å². The lowest BCUT2D eigenvalue weighted by atomic mass is 9.87. The summed E-state index contributed by atoms with van der Waals surface area (Å²) < 4.78 is 45.7. The number of ether oxygens (including phenoxy) is 3. The van der Waals surface area contributed by atoms with Crippen LogP contribution in [0.1, 0.15) is 34.8 Å². The maximum absolute atomic E-state index is 14.5. The zero-order chi connectivity index (χ0) is 27.1. The van der Waals surface area contributed by atoms with Crippen LogP contribution in [0.3, 0.4) is 0 Å². The Morgan fingerprint density at radius 1 is 1.03 bits per heavy atom. The van der Waals surface area contributed by atoms with Crippen LogP contribution in [0.4, 0.5) is 8.78 Å². The predicted molar refractivity (Wildman–Crippen MR) is 140 cm³/mol. The summed E-state index contributed by atoms with van der Waals surface area (Å²) in [6, 6.07) is 11.9. The molecule has 3 heterocycles. The van der Waals surface area contributed by atoms with Crippen LogP contribution in [0.15, 0.2) is 54.7 Å². The summed E-state index contributed by atoms with van der Waals surface area (Å²) in [5.74, 6) is -2.24. The summed E-state index contributed by atoms with van der Waals surface area (Å²) >= 11 is 0. The molecule has 0 spiro atoms. The minimum atomic E-state index is -1.09. The molecular formula is C29H23F2N3O5. The zero-order valence-corrected chi connectivity index (χ0v) is 20.8. The number of halogens is 2. The summed E-state index contributed by atoms with van der Waals surface area (Å²) in [6.45, 7) is 1.09. The van der Waals surface area contributed by atoms with Crippen LogP contribution >= 0.6 is 0 Å². The number of nitrogens with one attached hydrogen (secondary N) is 1. The first kappa shape index (κ1) is 24.7. The number of carboxylic acid groups (broad SMARTS) is 1. The Kier molecular flexibility index (Phi) is 6.32. The molecule has 6 rings (SSSR count). The van der Waals surface area contributed by atoms with E-state index >= 15 is 0 Å². The Balaban J connectivity index is 1.63. The Labute approximate surface area is 221 Å². The molecule has 0 atom stereocenters. The van der Waals surface area contributed by atoms with Crippen LogP contribution < -0.4 is 9.47 Å². The van der Waals surface area contributed by atoms with Crippen LogP contribution in [-0.2, 0) is 4.74 Å². The van der Waals surface area contributed by atoms with E-state index in [2.05, 4.69) is 10.2 Å². The number of hydrogen-bond acceptors (Lipinski definition) is 6. The van der Waals surface area contributed by atoms with Gasteiger partial charge in [-0.25, -0.2) is 18.6 Å². The van der Waals surface area contributed by atoms with Gasteiger partial charge in [-0.2, -0.15) is 5.10 Å². The zero-order valence-electron chi connectivity index (χ0n) is 20.8. The molecule has 1 aliphatic heterocycles. The number of nitrogens with zero attached hydrogens (tertiary/aromatic N) is 2. The number of methoxy groups -OCH3 is 1. The molecule has 1 aliphatic rings. The van der Waals surface area contributed by atoms with E-state index in [1.54, 1.807) is 12.3 Å². The van der Waals surface area contributed by atoms with Gasteiger partial charge in [0.05, 0.1) is 30.1 Å². The van der Waals surface area contributed by atoms with Crippen molar-refractivity contribution in [2.75, 3.05) is 20.3 Å². The van der Waals surface area contributed by atoms with Crippen molar-refractivity contribution in [3.8, 4) is 28.5 Å². The highest BCUT2D eigenvalue weighted by Crippen LogP contribution is 2.44. The molecule has 1 saturated heterocycles. The summed E-state index contributed by atoms with van der Waals surface area (Å²) in [7, 11) is 1.42. The summed E-state index contributed by atoms with van der Waals surface area (Å²) in [5, 5.41) is 18.6. The molecule has 0 radical (unpaired) electrons. The van der Waals surface area contributed by atoms with Crippen molar-refractivity contribution >= 4 is 27.6 Å². The minimum absolute atomic E-state index is 0.0232. The van der Waals surface area contributed by atoms with Crippen molar-refractivity contribution in [2.24, 2.45) is 0 Å². The Hall–Kier alpha value is -4.57. The van der Waals surface area contributed by atoms with Crippen LogP contribution in [-0.4, -0.2) is 46.6 Å². The third-order valence-corrected chi connectivity index (χ3v) is 6.99. The van der Waals surface area contributed by atoms with Gasteiger partial charge >= 0.3 is 5.97 Å². The second-order valence-corrected chi connectivity index (χ2v) is 9.32. The number of carboxylic acids is 1. The van der Waals surface area contributed by atoms with E-state index in [9.17, 15) is 18.7 Å². The number of benzene rings is 3. The van der Waals surface area contributed by atoms with Crippen molar-refractivity contribution in [1.82, 2.24) is 15.2 Å². The van der Waals surface area contributed by atoms with Crippen molar-refractivity contribution in [3.05, 3.63) is 77.6 Å². The third kappa shape index (κ3) is 4.52. The number of H-pyrrole nitrogens is 1. The third-order valence-electron chi connectivity index (χ3n) is 6.99. The number of hydrogen-bond donors (Lipinski definition) is 2. The fourth-order valence-electron chi connectivity index (χ4n) is 5.03. The normalized spacial score (nSPS) is 14.1. The predicted octanol–water partition coefficient (Wildman–Crippen LogP) is 6.45. The largest absolute Gasteiger partial charge is 0.493 e. The second kappa shape index (κ2) is 9.95. The van der Waals surface area contributed by atoms with Gasteiger partial charge in [-0.3, -0.25) is 5.10 Å². The van der Waals surface area contributed by atoms with Gasteiger partial charge in [-0.15, -0.1) is 0 Å². The fraction of sp³-hybridized carbons (Fsp3) is 0.207. The van der Waals surface area contributed by atoms with Crippen molar-refractivity contribution < 1.29 is 32.9 Å². The highest BCUT2D eigenvalue weighted by molar-refractivity contribution is 6.06. The molecule has 0 unspecified atom stereocenters. The Morgan fingerprint density at radius 3 is 2.59 bits per heavy atom. The molecule has 2 aromatic heterocycles. The molecule has 0 saturated carbocycles. The molecule has 39 heavy (non-hydrogen) atoms. The van der Waals surface area contributed by atoms with Crippen LogP contribution in [0.2, 0.25) is 0 Å². The molecule has 8 nitrogen and oxygen atoms in total. The highest BCUT2D eigenvalue weighted by Gasteiger charge is 2.27. The van der Waals surface area contributed by atoms with Gasteiger partial charge in [0.1, 0.15) is 0 Å². The van der Waals surface area contributed by atoms with Gasteiger partial charge < -0.3 is 19.3 Å². The smallest absolute Gasteiger partial charge is 0.335 e. The Bertz CT molecular complexity index is 1730. The lowest BCUT2D eigenvalue weighted by Gasteiger charge is -2.26. The molecule has 0 bridgehead atoms. The number of aromatic carboxylic acids is 1. The number of carbonyl (C=O) groups is 1. The van der Waals surface area contributed by atoms with Crippen LogP contribution in [0.25, 0.3) is 32.8 Å². The molecular weight excluding hydrogens is 508 g/mol. The standard InChI is InChI=1S/C29H23F2N3O5/c1-37-25-12-17(29(35)36)3-5-24(25)39-28-20-13-23-18(14-32-34-23)10-19(20)26(16-2-4-21(30)22(31)11-16)27(33-28)15-6-8-38-9-7-15/h2-5,10-15H,6-9H2,1H3,(H,32,34)(H,35,36). The average molecular weight is 532 g/mol. The van der Waals surface area contributed by atoms with Gasteiger partial charge in [-0.1, -0.05) is 6.07 Å². The minimum Gasteiger partial charge on any atom is -0.493 e. The van der Waals surface area contributed by atoms with Gasteiger partial charge in [0, 0.05) is 35.5 Å². The van der Waals surface area contributed by atoms with E-state index in [0.29, 0.717) is 48.3 Å². The molecule has 3 aromatic carbocycles. The van der Waals surface area contributed by atoms with E-state index in [1.807, 2.05) is 12.1 Å². The van der Waals surface area contributed by atoms with E-state index in [1.165, 1.54) is 31.4 Å². The molecule has 10 heteroatoms. The van der Waals surface area contributed by atoms with Gasteiger partial charge in [0.2, 0.25) is 5.88 Å². The van der Waals surface area contributed by atoms with Crippen LogP contribution in [0.5, 0.6) is 17.4 Å². The van der Waals surface area contributed by atoms with Crippen molar-refractivity contribution in [3.63, 3.8) is 0 Å². The molecule has 0 aliphatic carbocycles. The molecule has 0 amide bonds. The summed E-state index contributed by atoms with van der Waals surface area (Å²) in [4.78, 5) is 16.4. The highest BCUT2D eigenvalue weighted by atomic mass is 19.2. The second-order valence-electron chi connectivity index (χ2n) is 9.32. The summed E-state index contributed by atoms with van der Waals surface area (Å²) in [5.41, 5.74) is 2.63. The monoisotopic (exact) mass is 531 g/mol. The number of aromatic amines is 1. The first-order valence-electron chi connectivity index (χ1n) is 12.4. The lowest BCUT2D eigenvalue weighted by molar-refractivity contribution is 0.0696. The van der Waals surface area contributed by atoms with E-state index in [-0.39, 0.29) is 28.9 Å². The van der Waals surface area contributed by atoms with E-state index < -0.39 is 17.6 Å². The van der Waals surface area contributed by atoms with Gasteiger partial charge in [0.15, 0.2) is 23.1 Å². The number of rotatable bonds is 6. The van der Waals surface area contributed by atoms with E-state index in [4.69, 9.17) is 19.2 Å². The van der Waals surface area contributed by atoms with Crippen molar-refractivity contribution in [2.45, 2.75) is 18.8 Å². The molecule has 1 fully saturated rings. The van der Waals surface area contributed by atoms with Gasteiger partial charge in [-0.05, 0) is 66.3 Å². The molecule has 198 valence electrons. The first-order chi connectivity index (χ1) is 18.9. The number of pyridine rings is 1. The molecule has 2 N–H and O–H groups in total. The lowest BCUT2D eigenvalue weighted by Crippen LogP contribution is -2.16. The maximum atomic E-state index is 14.5. The summed E-state index contributed by atoms with van der Waals surface area (Å²) in [6.07, 6.45) is 3.07. The maximum Gasteiger partial charge on any atom is 0.335 e. The number of fused-ring (bicyclic) bond motifs is 2. The quantitative estimate of drug-likeness (QED) is 0.259. The Morgan fingerprint density at radius 2 is 1.85 bits per heavy atom. The van der Waals surface area contributed by atoms with Crippen LogP contribution in [0, 0.1) is 11.6 Å². The van der Waals surface area contributed by atoms with Gasteiger partial charge in [0.25, 0.3) is 0 Å².